The van der Waals surface area contributed by atoms with Gasteiger partial charge in [-0.05, 0) is 24.6 Å². The van der Waals surface area contributed by atoms with Crippen molar-refractivity contribution in [3.8, 4) is 0 Å². The Hall–Kier alpha value is -1.71. The third-order valence-corrected chi connectivity index (χ3v) is 3.09. The molecule has 0 bridgehead atoms. The van der Waals surface area contributed by atoms with Crippen molar-refractivity contribution in [1.29, 1.82) is 0 Å². The predicted molar refractivity (Wildman–Crippen MR) is 83.2 cm³/mol. The molecular formula is C17H21NO2. The van der Waals surface area contributed by atoms with E-state index in [0.717, 1.165) is 5.56 Å². The van der Waals surface area contributed by atoms with Gasteiger partial charge in [0.2, 0.25) is 0 Å². The Bertz CT molecular complexity index is 581. The van der Waals surface area contributed by atoms with E-state index in [1.807, 2.05) is 51.3 Å². The second-order valence-electron chi connectivity index (χ2n) is 4.59. The molecule has 0 radical (unpaired) electrons. The number of aliphatic imine (C=N–C) groups is 1. The maximum Gasteiger partial charge on any atom is 0.266 e. The molecule has 2 aromatic carbocycles. The van der Waals surface area contributed by atoms with Crippen molar-refractivity contribution >= 4 is 17.0 Å². The highest BCUT2D eigenvalue weighted by Gasteiger charge is 2.22. The van der Waals surface area contributed by atoms with Gasteiger partial charge in [-0.15, -0.1) is 0 Å². The van der Waals surface area contributed by atoms with E-state index in [1.54, 1.807) is 0 Å². The Morgan fingerprint density at radius 1 is 1.00 bits per heavy atom. The summed E-state index contributed by atoms with van der Waals surface area (Å²) in [5.74, 6) is -0.916. The summed E-state index contributed by atoms with van der Waals surface area (Å²) in [5.41, 5.74) is 1.06. The second-order valence-corrected chi connectivity index (χ2v) is 4.59. The van der Waals surface area contributed by atoms with Crippen molar-refractivity contribution in [3.05, 3.63) is 48.0 Å². The lowest BCUT2D eigenvalue weighted by atomic mass is 10.1. The van der Waals surface area contributed by atoms with Crippen molar-refractivity contribution in [2.75, 3.05) is 13.2 Å². The zero-order valence-electron chi connectivity index (χ0n) is 12.3. The zero-order chi connectivity index (χ0) is 14.4. The molecule has 0 N–H and O–H groups in total. The lowest BCUT2D eigenvalue weighted by Crippen LogP contribution is -2.30. The minimum Gasteiger partial charge on any atom is -0.332 e. The molecule has 3 heteroatoms. The molecule has 0 heterocycles. The first kappa shape index (κ1) is 14.7. The monoisotopic (exact) mass is 271 g/mol. The highest BCUT2D eigenvalue weighted by Crippen LogP contribution is 2.19. The summed E-state index contributed by atoms with van der Waals surface area (Å²) in [5, 5.41) is 2.38. The van der Waals surface area contributed by atoms with Gasteiger partial charge >= 0.3 is 0 Å². The van der Waals surface area contributed by atoms with Gasteiger partial charge < -0.3 is 9.47 Å². The molecule has 0 atom stereocenters. The SMILES string of the molecule is CCOC(C)(N=Cc1cccc2ccccc12)OCC. The van der Waals surface area contributed by atoms with Crippen LogP contribution in [0.3, 0.4) is 0 Å². The number of nitrogens with zero attached hydrogens (tertiary/aromatic N) is 1. The first-order chi connectivity index (χ1) is 9.68. The summed E-state index contributed by atoms with van der Waals surface area (Å²) in [7, 11) is 0. The van der Waals surface area contributed by atoms with Crippen LogP contribution in [0.1, 0.15) is 26.3 Å². The summed E-state index contributed by atoms with van der Waals surface area (Å²) in [6, 6.07) is 14.4. The lowest BCUT2D eigenvalue weighted by Gasteiger charge is -2.24. The third kappa shape index (κ3) is 3.44. The van der Waals surface area contributed by atoms with Crippen molar-refractivity contribution in [2.24, 2.45) is 4.99 Å². The van der Waals surface area contributed by atoms with Crippen LogP contribution in [0, 0.1) is 0 Å². The minimum atomic E-state index is -0.916. The molecule has 0 amide bonds. The van der Waals surface area contributed by atoms with Crippen LogP contribution >= 0.6 is 0 Å². The molecule has 2 aromatic rings. The molecule has 0 saturated carbocycles. The molecule has 0 aliphatic carbocycles. The van der Waals surface area contributed by atoms with Crippen LogP contribution in [-0.4, -0.2) is 25.3 Å². The van der Waals surface area contributed by atoms with Gasteiger partial charge in [0.25, 0.3) is 5.91 Å². The number of fused-ring (bicyclic) bond motifs is 1. The topological polar surface area (TPSA) is 30.8 Å². The maximum absolute atomic E-state index is 5.58. The highest BCUT2D eigenvalue weighted by atomic mass is 16.7. The molecule has 3 nitrogen and oxygen atoms in total. The highest BCUT2D eigenvalue weighted by molar-refractivity contribution is 5.99. The molecule has 0 saturated heterocycles. The molecule has 0 aliphatic heterocycles. The summed E-state index contributed by atoms with van der Waals surface area (Å²) < 4.78 is 11.2. The Kier molecular flexibility index (Phi) is 4.88. The van der Waals surface area contributed by atoms with Gasteiger partial charge in [0.05, 0.1) is 0 Å². The van der Waals surface area contributed by atoms with E-state index in [9.17, 15) is 0 Å². The summed E-state index contributed by atoms with van der Waals surface area (Å²) in [6.07, 6.45) is 1.83. The van der Waals surface area contributed by atoms with Crippen molar-refractivity contribution in [3.63, 3.8) is 0 Å². The van der Waals surface area contributed by atoms with Crippen LogP contribution in [0.25, 0.3) is 10.8 Å². The van der Waals surface area contributed by atoms with Gasteiger partial charge in [-0.25, -0.2) is 4.99 Å². The summed E-state index contributed by atoms with van der Waals surface area (Å²) >= 11 is 0. The second kappa shape index (κ2) is 6.64. The van der Waals surface area contributed by atoms with Gasteiger partial charge in [0.15, 0.2) is 0 Å². The summed E-state index contributed by atoms with van der Waals surface area (Å²) in [6.45, 7) is 6.82. The first-order valence-electron chi connectivity index (χ1n) is 6.99. The van der Waals surface area contributed by atoms with E-state index < -0.39 is 5.91 Å². The fourth-order valence-electron chi connectivity index (χ4n) is 2.20. The fraction of sp³-hybridized carbons (Fsp3) is 0.353. The molecule has 106 valence electrons. The van der Waals surface area contributed by atoms with E-state index in [4.69, 9.17) is 9.47 Å². The van der Waals surface area contributed by atoms with Crippen LogP contribution < -0.4 is 0 Å². The normalized spacial score (nSPS) is 12.3. The van der Waals surface area contributed by atoms with Crippen molar-refractivity contribution in [1.82, 2.24) is 0 Å². The average Bonchev–Trinajstić information content (AvgIpc) is 2.46. The number of benzene rings is 2. The molecule has 0 fully saturated rings. The number of rotatable bonds is 6. The minimum absolute atomic E-state index is 0.559. The van der Waals surface area contributed by atoms with Gasteiger partial charge in [0, 0.05) is 31.9 Å². The number of ether oxygens (including phenoxy) is 2. The molecule has 0 spiro atoms. The quantitative estimate of drug-likeness (QED) is 0.587. The van der Waals surface area contributed by atoms with Crippen LogP contribution in [0.5, 0.6) is 0 Å². The summed E-state index contributed by atoms with van der Waals surface area (Å²) in [4.78, 5) is 4.49. The Morgan fingerprint density at radius 3 is 2.35 bits per heavy atom. The maximum atomic E-state index is 5.58. The van der Waals surface area contributed by atoms with E-state index in [0.29, 0.717) is 13.2 Å². The predicted octanol–water partition coefficient (Wildman–Crippen LogP) is 4.01. The standard InChI is InChI=1S/C17H21NO2/c1-4-19-17(3,20-5-2)18-13-15-11-8-10-14-9-6-7-12-16(14)15/h6-13H,4-5H2,1-3H3. The first-order valence-corrected chi connectivity index (χ1v) is 6.99. The molecule has 0 aliphatic rings. The zero-order valence-corrected chi connectivity index (χ0v) is 12.3. The van der Waals surface area contributed by atoms with Gasteiger partial charge in [-0.2, -0.15) is 0 Å². The fourth-order valence-corrected chi connectivity index (χ4v) is 2.20. The van der Waals surface area contributed by atoms with Crippen LogP contribution in [0.15, 0.2) is 47.5 Å². The van der Waals surface area contributed by atoms with Crippen molar-refractivity contribution in [2.45, 2.75) is 26.7 Å². The average molecular weight is 271 g/mol. The van der Waals surface area contributed by atoms with Gasteiger partial charge in [-0.1, -0.05) is 42.5 Å². The largest absolute Gasteiger partial charge is 0.332 e. The molecular weight excluding hydrogens is 250 g/mol. The molecule has 0 aromatic heterocycles. The van der Waals surface area contributed by atoms with Gasteiger partial charge in [0.1, 0.15) is 0 Å². The smallest absolute Gasteiger partial charge is 0.266 e. The Morgan fingerprint density at radius 2 is 1.65 bits per heavy atom. The molecule has 0 unspecified atom stereocenters. The Labute approximate surface area is 120 Å². The van der Waals surface area contributed by atoms with Crippen LogP contribution in [-0.2, 0) is 9.47 Å². The van der Waals surface area contributed by atoms with E-state index in [-0.39, 0.29) is 0 Å². The van der Waals surface area contributed by atoms with E-state index in [2.05, 4.69) is 23.2 Å². The van der Waals surface area contributed by atoms with E-state index in [1.165, 1.54) is 10.8 Å². The van der Waals surface area contributed by atoms with Crippen molar-refractivity contribution < 1.29 is 9.47 Å². The lowest BCUT2D eigenvalue weighted by molar-refractivity contribution is -0.214. The molecule has 2 rings (SSSR count). The molecule has 20 heavy (non-hydrogen) atoms. The van der Waals surface area contributed by atoms with E-state index >= 15 is 0 Å². The number of hydrogen-bond acceptors (Lipinski definition) is 3. The third-order valence-electron chi connectivity index (χ3n) is 3.09. The Balaban J connectivity index is 2.32. The van der Waals surface area contributed by atoms with Crippen LogP contribution in [0.2, 0.25) is 0 Å². The van der Waals surface area contributed by atoms with Gasteiger partial charge in [-0.3, -0.25) is 0 Å². The number of hydrogen-bond donors (Lipinski definition) is 0. The van der Waals surface area contributed by atoms with Crippen LogP contribution in [0.4, 0.5) is 0 Å².